The molecule has 0 N–H and O–H groups in total. The molecule has 0 radical (unpaired) electrons. The Morgan fingerprint density at radius 1 is 1.25 bits per heavy atom. The Morgan fingerprint density at radius 2 is 1.96 bits per heavy atom. The van der Waals surface area contributed by atoms with Gasteiger partial charge in [0, 0.05) is 30.7 Å². The molecule has 1 atom stereocenters. The highest BCUT2D eigenvalue weighted by Gasteiger charge is 2.35. The molecule has 0 bridgehead atoms. The summed E-state index contributed by atoms with van der Waals surface area (Å²) in [7, 11) is 3.01. The minimum atomic E-state index is -0.932. The minimum Gasteiger partial charge on any atom is -0.496 e. The van der Waals surface area contributed by atoms with Crippen LogP contribution in [0.25, 0.3) is 0 Å². The molecule has 1 amide bonds. The first-order valence-electron chi connectivity index (χ1n) is 8.07. The fraction of sp³-hybridized carbons (Fsp3) is 0.222. The molecular weight excluding hydrogens is 434 g/mol. The molecule has 28 heavy (non-hydrogen) atoms. The molecule has 3 rings (SSSR count). The second kappa shape index (κ2) is 7.85. The van der Waals surface area contributed by atoms with Crippen LogP contribution in [0.15, 0.2) is 46.0 Å². The van der Waals surface area contributed by atoms with Gasteiger partial charge in [0.1, 0.15) is 11.5 Å². The van der Waals surface area contributed by atoms with Crippen LogP contribution in [-0.2, 0) is 9.53 Å². The molecule has 10 heteroatoms. The average molecular weight is 450 g/mol. The van der Waals surface area contributed by atoms with Crippen molar-refractivity contribution in [3.05, 3.63) is 62.1 Å². The number of hydrogen-bond acceptors (Lipinski definition) is 7. The van der Waals surface area contributed by atoms with E-state index < -0.39 is 11.2 Å². The summed E-state index contributed by atoms with van der Waals surface area (Å²) in [6, 6.07) is 9.22. The molecule has 0 unspecified atom stereocenters. The van der Waals surface area contributed by atoms with Crippen LogP contribution in [0.4, 0.5) is 5.69 Å². The molecule has 2 aromatic rings. The lowest BCUT2D eigenvalue weighted by Crippen LogP contribution is -2.25. The Kier molecular flexibility index (Phi) is 5.50. The van der Waals surface area contributed by atoms with E-state index in [1.54, 1.807) is 18.2 Å². The molecule has 1 aliphatic heterocycles. The van der Waals surface area contributed by atoms with Crippen molar-refractivity contribution in [2.75, 3.05) is 14.2 Å². The van der Waals surface area contributed by atoms with Gasteiger partial charge in [0.25, 0.3) is 5.69 Å². The maximum Gasteiger partial charge on any atom is 0.269 e. The average Bonchev–Trinajstić information content (AvgIpc) is 3.13. The number of hydrazone groups is 1. The Hall–Kier alpha value is -3.14. The summed E-state index contributed by atoms with van der Waals surface area (Å²) in [5, 5.41) is 16.5. The Morgan fingerprint density at radius 3 is 2.57 bits per heavy atom. The number of rotatable bonds is 5. The number of carbonyl (C=O) groups excluding carboxylic acids is 1. The molecule has 0 spiro atoms. The molecule has 1 heterocycles. The van der Waals surface area contributed by atoms with Crippen molar-refractivity contribution < 1.29 is 23.9 Å². The van der Waals surface area contributed by atoms with E-state index in [0.717, 1.165) is 5.01 Å². The number of hydrogen-bond donors (Lipinski definition) is 0. The molecule has 146 valence electrons. The quantitative estimate of drug-likeness (QED) is 0.509. The van der Waals surface area contributed by atoms with Gasteiger partial charge < -0.3 is 14.2 Å². The zero-order chi connectivity index (χ0) is 20.4. The van der Waals surface area contributed by atoms with E-state index in [2.05, 4.69) is 21.0 Å². The molecule has 0 aliphatic carbocycles. The Bertz CT molecular complexity index is 978. The van der Waals surface area contributed by atoms with Gasteiger partial charge in [0.05, 0.1) is 29.2 Å². The Balaban J connectivity index is 2.03. The van der Waals surface area contributed by atoms with E-state index in [9.17, 15) is 14.9 Å². The normalized spacial score (nSPS) is 15.6. The van der Waals surface area contributed by atoms with Crippen LogP contribution < -0.4 is 9.47 Å². The molecule has 0 fully saturated rings. The first kappa shape index (κ1) is 19.6. The molecule has 0 aromatic heterocycles. The number of ether oxygens (including phenoxy) is 3. The van der Waals surface area contributed by atoms with Crippen LogP contribution in [0.2, 0.25) is 0 Å². The van der Waals surface area contributed by atoms with E-state index in [1.807, 2.05) is 0 Å². The highest BCUT2D eigenvalue weighted by Crippen LogP contribution is 2.37. The number of nitro benzene ring substituents is 1. The predicted octanol–water partition coefficient (Wildman–Crippen LogP) is 3.61. The van der Waals surface area contributed by atoms with Gasteiger partial charge in [0.2, 0.25) is 18.0 Å². The lowest BCUT2D eigenvalue weighted by Gasteiger charge is -2.19. The van der Waals surface area contributed by atoms with Gasteiger partial charge in [-0.3, -0.25) is 14.9 Å². The topological polar surface area (TPSA) is 104 Å². The van der Waals surface area contributed by atoms with Gasteiger partial charge in [-0.15, -0.1) is 5.10 Å². The standard InChI is InChI=1S/C18H16BrN3O6/c1-10(23)21-18(11-5-4-6-12(7-11)22(24)25)28-17(20-21)13-8-14(19)16(27-3)9-15(13)26-2/h4-9,18H,1-3H3/t18-/m1/s1. The van der Waals surface area contributed by atoms with Gasteiger partial charge in [-0.25, -0.2) is 0 Å². The van der Waals surface area contributed by atoms with Crippen molar-refractivity contribution in [2.24, 2.45) is 5.10 Å². The van der Waals surface area contributed by atoms with Crippen LogP contribution in [-0.4, -0.2) is 36.0 Å². The van der Waals surface area contributed by atoms with Crippen molar-refractivity contribution in [1.29, 1.82) is 0 Å². The van der Waals surface area contributed by atoms with E-state index >= 15 is 0 Å². The lowest BCUT2D eigenvalue weighted by atomic mass is 10.1. The third-order valence-corrected chi connectivity index (χ3v) is 4.66. The summed E-state index contributed by atoms with van der Waals surface area (Å²) in [5.41, 5.74) is 0.812. The number of benzene rings is 2. The Labute approximate surface area is 168 Å². The summed E-state index contributed by atoms with van der Waals surface area (Å²) >= 11 is 3.40. The first-order chi connectivity index (χ1) is 13.3. The molecule has 9 nitrogen and oxygen atoms in total. The number of carbonyl (C=O) groups is 1. The van der Waals surface area contributed by atoms with E-state index in [4.69, 9.17) is 14.2 Å². The van der Waals surface area contributed by atoms with Crippen molar-refractivity contribution in [3.63, 3.8) is 0 Å². The van der Waals surface area contributed by atoms with Crippen LogP contribution in [0.3, 0.4) is 0 Å². The first-order valence-corrected chi connectivity index (χ1v) is 8.86. The van der Waals surface area contributed by atoms with Gasteiger partial charge in [-0.2, -0.15) is 5.01 Å². The van der Waals surface area contributed by atoms with E-state index in [-0.39, 0.29) is 17.5 Å². The second-order valence-electron chi connectivity index (χ2n) is 5.78. The second-order valence-corrected chi connectivity index (χ2v) is 6.63. The van der Waals surface area contributed by atoms with Crippen LogP contribution >= 0.6 is 15.9 Å². The third kappa shape index (κ3) is 3.63. The van der Waals surface area contributed by atoms with Gasteiger partial charge >= 0.3 is 0 Å². The third-order valence-electron chi connectivity index (χ3n) is 4.04. The van der Waals surface area contributed by atoms with Crippen LogP contribution in [0.1, 0.15) is 24.3 Å². The number of halogens is 1. The number of nitrogens with zero attached hydrogens (tertiary/aromatic N) is 3. The SMILES string of the molecule is COc1cc(OC)c(C2=NN(C(C)=O)[C@@H](c3cccc([N+](=O)[O-])c3)O2)cc1Br. The van der Waals surface area contributed by atoms with E-state index in [1.165, 1.54) is 39.3 Å². The summed E-state index contributed by atoms with van der Waals surface area (Å²) in [5.74, 6) is 0.754. The summed E-state index contributed by atoms with van der Waals surface area (Å²) in [6.45, 7) is 1.33. The number of nitro groups is 1. The van der Waals surface area contributed by atoms with Crippen LogP contribution in [0.5, 0.6) is 11.5 Å². The largest absolute Gasteiger partial charge is 0.496 e. The summed E-state index contributed by atoms with van der Waals surface area (Å²) in [4.78, 5) is 22.7. The van der Waals surface area contributed by atoms with Crippen molar-refractivity contribution in [2.45, 2.75) is 13.2 Å². The van der Waals surface area contributed by atoms with Crippen molar-refractivity contribution in [1.82, 2.24) is 5.01 Å². The number of methoxy groups -OCH3 is 2. The maximum absolute atomic E-state index is 12.1. The summed E-state index contributed by atoms with van der Waals surface area (Å²) in [6.07, 6.45) is -0.932. The van der Waals surface area contributed by atoms with Crippen molar-refractivity contribution in [3.8, 4) is 11.5 Å². The zero-order valence-corrected chi connectivity index (χ0v) is 16.8. The number of amides is 1. The smallest absolute Gasteiger partial charge is 0.269 e. The minimum absolute atomic E-state index is 0.108. The monoisotopic (exact) mass is 449 g/mol. The molecule has 0 saturated heterocycles. The van der Waals surface area contributed by atoms with Gasteiger partial charge in [0.15, 0.2) is 0 Å². The lowest BCUT2D eigenvalue weighted by molar-refractivity contribution is -0.385. The molecular formula is C18H16BrN3O6. The highest BCUT2D eigenvalue weighted by molar-refractivity contribution is 9.10. The van der Waals surface area contributed by atoms with Gasteiger partial charge in [-0.1, -0.05) is 12.1 Å². The maximum atomic E-state index is 12.1. The fourth-order valence-corrected chi connectivity index (χ4v) is 3.22. The summed E-state index contributed by atoms with van der Waals surface area (Å²) < 4.78 is 17.2. The van der Waals surface area contributed by atoms with Crippen molar-refractivity contribution >= 4 is 33.4 Å². The molecule has 1 aliphatic rings. The number of non-ortho nitro benzene ring substituents is 1. The highest BCUT2D eigenvalue weighted by atomic mass is 79.9. The molecule has 0 saturated carbocycles. The van der Waals surface area contributed by atoms with Gasteiger partial charge in [-0.05, 0) is 22.0 Å². The van der Waals surface area contributed by atoms with Crippen LogP contribution in [0, 0.1) is 10.1 Å². The predicted molar refractivity (Wildman–Crippen MR) is 103 cm³/mol. The fourth-order valence-electron chi connectivity index (χ4n) is 2.71. The molecule has 2 aromatic carbocycles. The zero-order valence-electron chi connectivity index (χ0n) is 15.2. The van der Waals surface area contributed by atoms with E-state index in [0.29, 0.717) is 27.1 Å².